The standard InChI is InChI=1S/C17H32N4O.ClH/c22-17(21-10-1-2-11-21)15-20-9-3-8-19(12-13-20)14-16-4-6-18-7-5-16;/h16,18H,1-15H2;1H. The molecular formula is C17H33ClN4O. The van der Waals surface area contributed by atoms with Crippen LogP contribution >= 0.6 is 12.4 Å². The third-order valence-electron chi connectivity index (χ3n) is 5.47. The van der Waals surface area contributed by atoms with E-state index in [9.17, 15) is 4.79 Å². The van der Waals surface area contributed by atoms with Gasteiger partial charge in [-0.25, -0.2) is 0 Å². The number of rotatable bonds is 4. The second-order valence-corrected chi connectivity index (χ2v) is 7.21. The fraction of sp³-hybridized carbons (Fsp3) is 0.941. The Bertz CT molecular complexity index is 357. The van der Waals surface area contributed by atoms with Crippen molar-refractivity contribution in [3.63, 3.8) is 0 Å². The molecule has 1 N–H and O–H groups in total. The highest BCUT2D eigenvalue weighted by atomic mass is 35.5. The molecular weight excluding hydrogens is 312 g/mol. The number of likely N-dealkylation sites (tertiary alicyclic amines) is 1. The second kappa shape index (κ2) is 9.82. The van der Waals surface area contributed by atoms with Gasteiger partial charge in [0.1, 0.15) is 0 Å². The van der Waals surface area contributed by atoms with Crippen LogP contribution in [0.2, 0.25) is 0 Å². The van der Waals surface area contributed by atoms with Gasteiger partial charge in [-0.1, -0.05) is 0 Å². The van der Waals surface area contributed by atoms with Crippen molar-refractivity contribution in [1.82, 2.24) is 20.0 Å². The van der Waals surface area contributed by atoms with Crippen molar-refractivity contribution in [2.75, 3.05) is 65.4 Å². The van der Waals surface area contributed by atoms with Gasteiger partial charge < -0.3 is 15.1 Å². The molecule has 3 heterocycles. The molecule has 3 rings (SSSR count). The summed E-state index contributed by atoms with van der Waals surface area (Å²) in [7, 11) is 0. The minimum Gasteiger partial charge on any atom is -0.342 e. The zero-order valence-corrected chi connectivity index (χ0v) is 15.2. The van der Waals surface area contributed by atoms with Crippen LogP contribution < -0.4 is 5.32 Å². The van der Waals surface area contributed by atoms with Crippen LogP contribution in [0.1, 0.15) is 32.1 Å². The molecule has 23 heavy (non-hydrogen) atoms. The average molecular weight is 345 g/mol. The fourth-order valence-corrected chi connectivity index (χ4v) is 4.05. The van der Waals surface area contributed by atoms with Gasteiger partial charge in [0, 0.05) is 32.7 Å². The Labute approximate surface area is 147 Å². The summed E-state index contributed by atoms with van der Waals surface area (Å²) in [5.74, 6) is 1.23. The first kappa shape index (κ1) is 19.0. The van der Waals surface area contributed by atoms with Crippen molar-refractivity contribution in [3.8, 4) is 0 Å². The van der Waals surface area contributed by atoms with Gasteiger partial charge in [-0.3, -0.25) is 9.69 Å². The number of nitrogens with one attached hydrogen (secondary N) is 1. The maximum atomic E-state index is 12.3. The fourth-order valence-electron chi connectivity index (χ4n) is 4.05. The number of halogens is 1. The van der Waals surface area contributed by atoms with Crippen molar-refractivity contribution in [2.24, 2.45) is 5.92 Å². The summed E-state index contributed by atoms with van der Waals surface area (Å²) in [6.45, 7) is 10.7. The quantitative estimate of drug-likeness (QED) is 0.827. The Balaban J connectivity index is 0.00000192. The molecule has 1 amide bonds. The second-order valence-electron chi connectivity index (χ2n) is 7.21. The first-order valence-corrected chi connectivity index (χ1v) is 9.24. The van der Waals surface area contributed by atoms with E-state index in [0.717, 1.165) is 38.6 Å². The molecule has 0 aromatic rings. The van der Waals surface area contributed by atoms with E-state index in [1.807, 2.05) is 0 Å². The number of hydrogen-bond donors (Lipinski definition) is 1. The Kier molecular flexibility index (Phi) is 8.10. The summed E-state index contributed by atoms with van der Waals surface area (Å²) in [5.41, 5.74) is 0. The van der Waals surface area contributed by atoms with E-state index in [-0.39, 0.29) is 12.4 Å². The molecule has 0 aromatic heterocycles. The van der Waals surface area contributed by atoms with E-state index >= 15 is 0 Å². The molecule has 0 unspecified atom stereocenters. The van der Waals surface area contributed by atoms with Gasteiger partial charge in [0.25, 0.3) is 0 Å². The molecule has 5 nitrogen and oxygen atoms in total. The van der Waals surface area contributed by atoms with Gasteiger partial charge in [0.15, 0.2) is 0 Å². The topological polar surface area (TPSA) is 38.8 Å². The minimum atomic E-state index is 0. The average Bonchev–Trinajstić information content (AvgIpc) is 2.99. The van der Waals surface area contributed by atoms with Crippen LogP contribution in [-0.4, -0.2) is 86.1 Å². The van der Waals surface area contributed by atoms with Crippen molar-refractivity contribution < 1.29 is 4.79 Å². The largest absolute Gasteiger partial charge is 0.342 e. The normalized spacial score (nSPS) is 25.1. The lowest BCUT2D eigenvalue weighted by molar-refractivity contribution is -0.131. The minimum absolute atomic E-state index is 0. The van der Waals surface area contributed by atoms with Gasteiger partial charge in [0.2, 0.25) is 5.91 Å². The maximum absolute atomic E-state index is 12.3. The molecule has 0 bridgehead atoms. The molecule has 0 radical (unpaired) electrons. The van der Waals surface area contributed by atoms with Gasteiger partial charge in [-0.15, -0.1) is 12.4 Å². The Morgan fingerprint density at radius 2 is 1.52 bits per heavy atom. The van der Waals surface area contributed by atoms with Gasteiger partial charge >= 0.3 is 0 Å². The van der Waals surface area contributed by atoms with E-state index in [0.29, 0.717) is 12.5 Å². The predicted molar refractivity (Wildman–Crippen MR) is 96.2 cm³/mol. The van der Waals surface area contributed by atoms with Crippen molar-refractivity contribution in [3.05, 3.63) is 0 Å². The van der Waals surface area contributed by atoms with Crippen LogP contribution in [-0.2, 0) is 4.79 Å². The lowest BCUT2D eigenvalue weighted by Gasteiger charge is -2.29. The van der Waals surface area contributed by atoms with E-state index in [1.54, 1.807) is 0 Å². The first-order valence-electron chi connectivity index (χ1n) is 9.24. The Morgan fingerprint density at radius 1 is 0.870 bits per heavy atom. The molecule has 3 aliphatic rings. The summed E-state index contributed by atoms with van der Waals surface area (Å²) in [6.07, 6.45) is 6.24. The summed E-state index contributed by atoms with van der Waals surface area (Å²) >= 11 is 0. The number of nitrogens with zero attached hydrogens (tertiary/aromatic N) is 3. The molecule has 0 spiro atoms. The molecule has 0 aromatic carbocycles. The molecule has 6 heteroatoms. The Morgan fingerprint density at radius 3 is 2.26 bits per heavy atom. The molecule has 0 aliphatic carbocycles. The first-order chi connectivity index (χ1) is 10.8. The highest BCUT2D eigenvalue weighted by Gasteiger charge is 2.23. The summed E-state index contributed by atoms with van der Waals surface area (Å²) in [6, 6.07) is 0. The lowest BCUT2D eigenvalue weighted by Crippen LogP contribution is -2.41. The van der Waals surface area contributed by atoms with Crippen LogP contribution in [0.25, 0.3) is 0 Å². The molecule has 134 valence electrons. The van der Waals surface area contributed by atoms with Crippen LogP contribution in [0.15, 0.2) is 0 Å². The maximum Gasteiger partial charge on any atom is 0.236 e. The van der Waals surface area contributed by atoms with E-state index in [1.165, 1.54) is 58.3 Å². The number of amides is 1. The monoisotopic (exact) mass is 344 g/mol. The smallest absolute Gasteiger partial charge is 0.236 e. The number of piperidine rings is 1. The number of carbonyl (C=O) groups excluding carboxylic acids is 1. The molecule has 3 saturated heterocycles. The zero-order valence-electron chi connectivity index (χ0n) is 14.3. The van der Waals surface area contributed by atoms with Gasteiger partial charge in [-0.05, 0) is 64.2 Å². The van der Waals surface area contributed by atoms with E-state index in [4.69, 9.17) is 0 Å². The number of carbonyl (C=O) groups is 1. The SMILES string of the molecule is Cl.O=C(CN1CCCN(CC2CCNCC2)CC1)N1CCCC1. The number of hydrogen-bond acceptors (Lipinski definition) is 4. The molecule has 3 aliphatic heterocycles. The highest BCUT2D eigenvalue weighted by Crippen LogP contribution is 2.15. The Hall–Kier alpha value is -0.360. The molecule has 0 saturated carbocycles. The van der Waals surface area contributed by atoms with Crippen LogP contribution in [0.5, 0.6) is 0 Å². The molecule has 0 atom stereocenters. The highest BCUT2D eigenvalue weighted by molar-refractivity contribution is 5.85. The lowest BCUT2D eigenvalue weighted by atomic mass is 9.97. The predicted octanol–water partition coefficient (Wildman–Crippen LogP) is 1.04. The van der Waals surface area contributed by atoms with Crippen molar-refractivity contribution in [2.45, 2.75) is 32.1 Å². The van der Waals surface area contributed by atoms with Crippen LogP contribution in [0.4, 0.5) is 0 Å². The van der Waals surface area contributed by atoms with Crippen LogP contribution in [0.3, 0.4) is 0 Å². The third-order valence-corrected chi connectivity index (χ3v) is 5.47. The summed E-state index contributed by atoms with van der Waals surface area (Å²) in [4.78, 5) is 19.4. The van der Waals surface area contributed by atoms with E-state index < -0.39 is 0 Å². The van der Waals surface area contributed by atoms with Gasteiger partial charge in [-0.2, -0.15) is 0 Å². The van der Waals surface area contributed by atoms with Crippen LogP contribution in [0, 0.1) is 5.92 Å². The van der Waals surface area contributed by atoms with Crippen molar-refractivity contribution >= 4 is 18.3 Å². The van der Waals surface area contributed by atoms with E-state index in [2.05, 4.69) is 20.0 Å². The third kappa shape index (κ3) is 5.89. The van der Waals surface area contributed by atoms with Crippen molar-refractivity contribution in [1.29, 1.82) is 0 Å². The zero-order chi connectivity index (χ0) is 15.2. The molecule has 3 fully saturated rings. The summed E-state index contributed by atoms with van der Waals surface area (Å²) in [5, 5.41) is 3.45. The van der Waals surface area contributed by atoms with Gasteiger partial charge in [0.05, 0.1) is 6.54 Å². The summed E-state index contributed by atoms with van der Waals surface area (Å²) < 4.78 is 0.